The van der Waals surface area contributed by atoms with Crippen LogP contribution in [0.15, 0.2) is 35.7 Å². The summed E-state index contributed by atoms with van der Waals surface area (Å²) in [5.41, 5.74) is 2.47. The van der Waals surface area contributed by atoms with Crippen LogP contribution in [0.1, 0.15) is 45.6 Å². The first kappa shape index (κ1) is 30.5. The van der Waals surface area contributed by atoms with Gasteiger partial charge >= 0.3 is 0 Å². The van der Waals surface area contributed by atoms with Crippen molar-refractivity contribution in [2.45, 2.75) is 71.1 Å². The van der Waals surface area contributed by atoms with Crippen molar-refractivity contribution in [2.75, 3.05) is 44.4 Å². The Labute approximate surface area is 237 Å². The van der Waals surface area contributed by atoms with E-state index in [1.54, 1.807) is 24.5 Å². The fraction of sp³-hybridized carbons (Fsp3) is 0.621. The van der Waals surface area contributed by atoms with Gasteiger partial charge in [0.05, 0.1) is 38.6 Å². The highest BCUT2D eigenvalue weighted by molar-refractivity contribution is 6.74. The molecule has 1 N–H and O–H groups in total. The molecule has 9 nitrogen and oxygen atoms in total. The van der Waals surface area contributed by atoms with Gasteiger partial charge in [-0.15, -0.1) is 0 Å². The van der Waals surface area contributed by atoms with Crippen molar-refractivity contribution in [3.05, 3.63) is 42.0 Å². The van der Waals surface area contributed by atoms with Crippen LogP contribution in [0.2, 0.25) is 18.1 Å². The Morgan fingerprint density at radius 3 is 2.58 bits per heavy atom. The van der Waals surface area contributed by atoms with Gasteiger partial charge in [0.2, 0.25) is 5.95 Å². The van der Waals surface area contributed by atoms with Gasteiger partial charge in [-0.05, 0) is 37.4 Å². The van der Waals surface area contributed by atoms with Crippen molar-refractivity contribution in [3.8, 4) is 11.1 Å². The standard InChI is InChI=1S/C29H43FN4O5Si/c1-29(2,3)40(4,5)39-20-22-9-8-10-25(27(22)30)23-13-31-28(32-14-23)34-15-24(16-34)33-38-19-21(17-35)18-37-26-11-6-7-12-36-26/h8-10,13-14,21,26,35H,6-7,11-12,15-20H2,1-5H3. The summed E-state index contributed by atoms with van der Waals surface area (Å²) < 4.78 is 32.9. The van der Waals surface area contributed by atoms with E-state index in [9.17, 15) is 5.11 Å². The normalized spacial score (nSPS) is 18.8. The number of aliphatic hydroxyl groups is 1. The lowest BCUT2D eigenvalue weighted by molar-refractivity contribution is -0.173. The molecule has 0 amide bonds. The van der Waals surface area contributed by atoms with Crippen LogP contribution >= 0.6 is 0 Å². The number of aromatic nitrogens is 2. The zero-order valence-electron chi connectivity index (χ0n) is 24.4. The van der Waals surface area contributed by atoms with Gasteiger partial charge in [-0.2, -0.15) is 0 Å². The Bertz CT molecular complexity index is 1130. The zero-order valence-corrected chi connectivity index (χ0v) is 25.4. The molecule has 0 aliphatic carbocycles. The van der Waals surface area contributed by atoms with Crippen LogP contribution in [0.5, 0.6) is 0 Å². The van der Waals surface area contributed by atoms with Crippen LogP contribution in [0.3, 0.4) is 0 Å². The Morgan fingerprint density at radius 2 is 1.93 bits per heavy atom. The summed E-state index contributed by atoms with van der Waals surface area (Å²) in [5.74, 6) is 0.0833. The summed E-state index contributed by atoms with van der Waals surface area (Å²) in [6.45, 7) is 13.5. The third kappa shape index (κ3) is 7.85. The van der Waals surface area contributed by atoms with Crippen LogP contribution in [-0.2, 0) is 25.3 Å². The molecule has 11 heteroatoms. The molecule has 4 rings (SSSR count). The van der Waals surface area contributed by atoms with Crippen LogP contribution in [-0.4, -0.2) is 74.9 Å². The molecule has 0 bridgehead atoms. The molecule has 2 aromatic rings. The lowest BCUT2D eigenvalue weighted by Gasteiger charge is -2.36. The first-order chi connectivity index (χ1) is 19.1. The van der Waals surface area contributed by atoms with Gasteiger partial charge < -0.3 is 28.7 Å². The van der Waals surface area contributed by atoms with E-state index in [0.29, 0.717) is 42.3 Å². The Hall–Kier alpha value is -2.44. The van der Waals surface area contributed by atoms with E-state index in [0.717, 1.165) is 31.6 Å². The molecule has 3 heterocycles. The third-order valence-corrected chi connectivity index (χ3v) is 12.3. The third-order valence-electron chi connectivity index (χ3n) is 7.87. The minimum Gasteiger partial charge on any atom is -0.412 e. The van der Waals surface area contributed by atoms with Gasteiger partial charge in [0.15, 0.2) is 14.6 Å². The van der Waals surface area contributed by atoms with E-state index >= 15 is 4.39 Å². The smallest absolute Gasteiger partial charge is 0.225 e. The molecule has 40 heavy (non-hydrogen) atoms. The SMILES string of the molecule is CC(C)(C)[Si](C)(C)OCc1cccc(-c2cnc(N3CC(=NOCC(CO)COC4CCCCO4)C3)nc2)c1F. The van der Waals surface area contributed by atoms with E-state index in [-0.39, 0.29) is 42.9 Å². The number of aliphatic hydroxyl groups excluding tert-OH is 1. The fourth-order valence-electron chi connectivity index (χ4n) is 4.08. The summed E-state index contributed by atoms with van der Waals surface area (Å²) in [5, 5.41) is 13.8. The number of ether oxygens (including phenoxy) is 2. The number of rotatable bonds is 12. The quantitative estimate of drug-likeness (QED) is 0.275. The zero-order chi connectivity index (χ0) is 28.8. The highest BCUT2D eigenvalue weighted by Gasteiger charge is 2.37. The largest absolute Gasteiger partial charge is 0.412 e. The number of anilines is 1. The number of halogens is 1. The lowest BCUT2D eigenvalue weighted by atomic mass is 10.1. The molecule has 2 aliphatic rings. The van der Waals surface area contributed by atoms with E-state index in [2.05, 4.69) is 49.0 Å². The van der Waals surface area contributed by atoms with Gasteiger partial charge in [0.1, 0.15) is 12.4 Å². The fourth-order valence-corrected chi connectivity index (χ4v) is 5.03. The van der Waals surface area contributed by atoms with Gasteiger partial charge in [-0.3, -0.25) is 0 Å². The summed E-state index contributed by atoms with van der Waals surface area (Å²) in [6.07, 6.45) is 6.14. The van der Waals surface area contributed by atoms with Crippen molar-refractivity contribution in [3.63, 3.8) is 0 Å². The van der Waals surface area contributed by atoms with Crippen molar-refractivity contribution in [2.24, 2.45) is 11.1 Å². The van der Waals surface area contributed by atoms with Crippen molar-refractivity contribution in [1.29, 1.82) is 0 Å². The van der Waals surface area contributed by atoms with Crippen molar-refractivity contribution >= 4 is 20.0 Å². The van der Waals surface area contributed by atoms with E-state index < -0.39 is 8.32 Å². The molecule has 2 atom stereocenters. The highest BCUT2D eigenvalue weighted by Crippen LogP contribution is 2.37. The molecule has 220 valence electrons. The first-order valence-corrected chi connectivity index (χ1v) is 17.0. The molecular weight excluding hydrogens is 531 g/mol. The predicted octanol–water partition coefficient (Wildman–Crippen LogP) is 5.15. The van der Waals surface area contributed by atoms with Crippen LogP contribution in [0, 0.1) is 11.7 Å². The molecule has 2 saturated heterocycles. The molecule has 1 aromatic heterocycles. The average molecular weight is 575 g/mol. The molecule has 0 saturated carbocycles. The maximum Gasteiger partial charge on any atom is 0.225 e. The van der Waals surface area contributed by atoms with Crippen LogP contribution in [0.25, 0.3) is 11.1 Å². The number of oxime groups is 1. The summed E-state index contributed by atoms with van der Waals surface area (Å²) >= 11 is 0. The minimum atomic E-state index is -1.99. The second kappa shape index (κ2) is 13.5. The molecule has 0 radical (unpaired) electrons. The van der Waals surface area contributed by atoms with Crippen molar-refractivity contribution in [1.82, 2.24) is 9.97 Å². The maximum absolute atomic E-state index is 15.4. The van der Waals surface area contributed by atoms with Gasteiger partial charge in [0, 0.05) is 41.6 Å². The first-order valence-electron chi connectivity index (χ1n) is 14.1. The highest BCUT2D eigenvalue weighted by atomic mass is 28.4. The second-order valence-electron chi connectivity index (χ2n) is 12.1. The number of hydrogen-bond acceptors (Lipinski definition) is 9. The van der Waals surface area contributed by atoms with Crippen LogP contribution < -0.4 is 4.90 Å². The number of hydrogen-bond donors (Lipinski definition) is 1. The summed E-state index contributed by atoms with van der Waals surface area (Å²) in [7, 11) is -1.99. The molecule has 0 spiro atoms. The molecule has 2 fully saturated rings. The minimum absolute atomic E-state index is 0.0446. The van der Waals surface area contributed by atoms with Crippen molar-refractivity contribution < 1.29 is 28.2 Å². The topological polar surface area (TPSA) is 98.5 Å². The van der Waals surface area contributed by atoms with E-state index in [1.807, 2.05) is 11.0 Å². The van der Waals surface area contributed by atoms with Crippen LogP contribution in [0.4, 0.5) is 10.3 Å². The number of nitrogens with zero attached hydrogens (tertiary/aromatic N) is 4. The van der Waals surface area contributed by atoms with Gasteiger partial charge in [0.25, 0.3) is 0 Å². The molecule has 1 aromatic carbocycles. The Morgan fingerprint density at radius 1 is 1.18 bits per heavy atom. The Balaban J connectivity index is 1.26. The molecule has 2 unspecified atom stereocenters. The monoisotopic (exact) mass is 574 g/mol. The lowest BCUT2D eigenvalue weighted by Crippen LogP contribution is -2.48. The summed E-state index contributed by atoms with van der Waals surface area (Å²) in [6, 6.07) is 5.35. The molecule has 2 aliphatic heterocycles. The average Bonchev–Trinajstić information content (AvgIpc) is 2.91. The van der Waals surface area contributed by atoms with Gasteiger partial charge in [-0.1, -0.05) is 44.1 Å². The van der Waals surface area contributed by atoms with E-state index in [1.165, 1.54) is 0 Å². The Kier molecular flexibility index (Phi) is 10.3. The number of benzene rings is 1. The van der Waals surface area contributed by atoms with E-state index in [4.69, 9.17) is 18.7 Å². The predicted molar refractivity (Wildman–Crippen MR) is 155 cm³/mol. The maximum atomic E-state index is 15.4. The molecular formula is C29H43FN4O5Si. The summed E-state index contributed by atoms with van der Waals surface area (Å²) in [4.78, 5) is 16.3. The van der Waals surface area contributed by atoms with Gasteiger partial charge in [-0.25, -0.2) is 14.4 Å². The second-order valence-corrected chi connectivity index (χ2v) is 16.9.